The minimum Gasteiger partial charge on any atom is -0.382 e. The highest BCUT2D eigenvalue weighted by Crippen LogP contribution is 2.22. The van der Waals surface area contributed by atoms with Crippen LogP contribution in [0.4, 0.5) is 11.6 Å². The number of benzene rings is 1. The van der Waals surface area contributed by atoms with Crippen LogP contribution in [-0.2, 0) is 6.54 Å². The quantitative estimate of drug-likeness (QED) is 0.243. The van der Waals surface area contributed by atoms with Crippen LogP contribution < -0.4 is 16.6 Å². The molecule has 0 bridgehead atoms. The molecule has 0 atom stereocenters. The molecule has 0 radical (unpaired) electrons. The van der Waals surface area contributed by atoms with Gasteiger partial charge in [-0.2, -0.15) is 0 Å². The molecule has 32 heavy (non-hydrogen) atoms. The largest absolute Gasteiger partial charge is 0.382 e. The molecule has 2 heterocycles. The van der Waals surface area contributed by atoms with Crippen molar-refractivity contribution in [2.75, 3.05) is 43.0 Å². The summed E-state index contributed by atoms with van der Waals surface area (Å²) in [5, 5.41) is 3.79. The summed E-state index contributed by atoms with van der Waals surface area (Å²) in [6, 6.07) is 9.87. The first kappa shape index (κ1) is 24.0. The minimum absolute atomic E-state index is 0.205. The summed E-state index contributed by atoms with van der Waals surface area (Å²) < 4.78 is 1.65. The fourth-order valence-electron chi connectivity index (χ4n) is 3.39. The van der Waals surface area contributed by atoms with Crippen molar-refractivity contribution in [2.24, 2.45) is 0 Å². The smallest absolute Gasteiger partial charge is 0.295 e. The van der Waals surface area contributed by atoms with Crippen LogP contribution >= 0.6 is 11.8 Å². The molecule has 8 nitrogen and oxygen atoms in total. The Hall–Kier alpha value is -2.65. The summed E-state index contributed by atoms with van der Waals surface area (Å²) >= 11 is 1.55. The third kappa shape index (κ3) is 5.98. The third-order valence-electron chi connectivity index (χ3n) is 5.33. The number of nitrogens with zero attached hydrogens (tertiary/aromatic N) is 5. The molecule has 0 aliphatic heterocycles. The van der Waals surface area contributed by atoms with Crippen LogP contribution in [0.25, 0.3) is 11.2 Å². The molecule has 0 amide bonds. The molecule has 172 valence electrons. The van der Waals surface area contributed by atoms with E-state index in [2.05, 4.69) is 45.9 Å². The lowest BCUT2D eigenvalue weighted by Crippen LogP contribution is -2.32. The van der Waals surface area contributed by atoms with Gasteiger partial charge in [-0.05, 0) is 25.1 Å². The molecule has 9 heteroatoms. The number of nitrogens with two attached hydrogens (primary N) is 1. The fourth-order valence-corrected chi connectivity index (χ4v) is 4.32. The Bertz CT molecular complexity index is 1070. The number of nitrogen functional groups attached to an aromatic ring is 1. The first-order chi connectivity index (χ1) is 15.6. The monoisotopic (exact) mass is 455 g/mol. The third-order valence-corrected chi connectivity index (χ3v) is 6.26. The maximum Gasteiger partial charge on any atom is 0.295 e. The molecular weight excluding hydrogens is 422 g/mol. The highest BCUT2D eigenvalue weighted by atomic mass is 32.2. The Balaban J connectivity index is 2.01. The Morgan fingerprint density at radius 1 is 1.09 bits per heavy atom. The van der Waals surface area contributed by atoms with Crippen molar-refractivity contribution in [2.45, 2.75) is 45.3 Å². The van der Waals surface area contributed by atoms with Crippen molar-refractivity contribution < 1.29 is 0 Å². The second-order valence-electron chi connectivity index (χ2n) is 7.56. The van der Waals surface area contributed by atoms with E-state index in [0.29, 0.717) is 35.2 Å². The van der Waals surface area contributed by atoms with E-state index in [0.717, 1.165) is 43.8 Å². The van der Waals surface area contributed by atoms with Gasteiger partial charge in [-0.15, -0.1) is 0 Å². The van der Waals surface area contributed by atoms with Crippen LogP contribution in [0.15, 0.2) is 40.3 Å². The van der Waals surface area contributed by atoms with Crippen molar-refractivity contribution >= 4 is 34.6 Å². The van der Waals surface area contributed by atoms with E-state index < -0.39 is 0 Å². The highest BCUT2D eigenvalue weighted by Gasteiger charge is 2.17. The molecule has 1 aromatic carbocycles. The maximum absolute atomic E-state index is 13.4. The van der Waals surface area contributed by atoms with Crippen molar-refractivity contribution in [1.82, 2.24) is 24.4 Å². The highest BCUT2D eigenvalue weighted by molar-refractivity contribution is 7.99. The van der Waals surface area contributed by atoms with Crippen LogP contribution in [0.2, 0.25) is 0 Å². The molecule has 0 aliphatic rings. The summed E-state index contributed by atoms with van der Waals surface area (Å²) in [5.74, 6) is 1.48. The maximum atomic E-state index is 13.4. The predicted molar refractivity (Wildman–Crippen MR) is 133 cm³/mol. The van der Waals surface area contributed by atoms with E-state index >= 15 is 0 Å². The number of unbranched alkanes of at least 4 members (excludes halogenated alkanes) is 1. The molecule has 0 saturated heterocycles. The molecule has 3 aromatic rings. The number of fused-ring (bicyclic) bond motifs is 1. The molecule has 0 spiro atoms. The second kappa shape index (κ2) is 11.8. The molecular formula is C23H33N7OS. The molecule has 0 unspecified atom stereocenters. The molecule has 0 fully saturated rings. The topological polar surface area (TPSA) is 102 Å². The first-order valence-electron chi connectivity index (χ1n) is 11.3. The zero-order valence-corrected chi connectivity index (χ0v) is 20.0. The first-order valence-corrected chi connectivity index (χ1v) is 12.3. The van der Waals surface area contributed by atoms with E-state index in [4.69, 9.17) is 5.73 Å². The van der Waals surface area contributed by atoms with Gasteiger partial charge in [0, 0.05) is 18.8 Å². The Labute approximate surface area is 193 Å². The molecule has 0 aliphatic carbocycles. The summed E-state index contributed by atoms with van der Waals surface area (Å²) in [4.78, 5) is 29.3. The SMILES string of the molecule is CCCCSc1nc(N)c2nc(NCCN(CC)CC)c(=O)n(Cc3ccccc3)c2n1. The zero-order valence-electron chi connectivity index (χ0n) is 19.2. The van der Waals surface area contributed by atoms with E-state index in [1.165, 1.54) is 0 Å². The summed E-state index contributed by atoms with van der Waals surface area (Å²) in [7, 11) is 0. The lowest BCUT2D eigenvalue weighted by molar-refractivity contribution is 0.316. The Kier molecular flexibility index (Phi) is 8.87. The van der Waals surface area contributed by atoms with Gasteiger partial charge in [0.05, 0.1) is 6.54 Å². The van der Waals surface area contributed by atoms with Gasteiger partial charge >= 0.3 is 0 Å². The molecule has 0 saturated carbocycles. The van der Waals surface area contributed by atoms with Gasteiger partial charge < -0.3 is 16.0 Å². The van der Waals surface area contributed by atoms with Crippen LogP contribution in [0.3, 0.4) is 0 Å². The van der Waals surface area contributed by atoms with Crippen LogP contribution in [0, 0.1) is 0 Å². The number of hydrogen-bond acceptors (Lipinski definition) is 8. The van der Waals surface area contributed by atoms with Gasteiger partial charge in [0.25, 0.3) is 5.56 Å². The summed E-state index contributed by atoms with van der Waals surface area (Å²) in [5.41, 5.74) is 8.01. The number of thioether (sulfide) groups is 1. The van der Waals surface area contributed by atoms with E-state index in [1.54, 1.807) is 16.3 Å². The summed E-state index contributed by atoms with van der Waals surface area (Å²) in [6.07, 6.45) is 2.16. The van der Waals surface area contributed by atoms with Gasteiger partial charge in [-0.1, -0.05) is 69.3 Å². The number of aromatic nitrogens is 4. The average Bonchev–Trinajstić information content (AvgIpc) is 2.80. The van der Waals surface area contributed by atoms with Gasteiger partial charge in [-0.25, -0.2) is 15.0 Å². The van der Waals surface area contributed by atoms with Crippen LogP contribution in [0.5, 0.6) is 0 Å². The van der Waals surface area contributed by atoms with E-state index in [-0.39, 0.29) is 11.4 Å². The molecule has 3 rings (SSSR count). The number of rotatable bonds is 12. The van der Waals surface area contributed by atoms with Crippen molar-refractivity contribution in [3.8, 4) is 0 Å². The lowest BCUT2D eigenvalue weighted by Gasteiger charge is -2.19. The van der Waals surface area contributed by atoms with Gasteiger partial charge in [0.15, 0.2) is 28.0 Å². The zero-order chi connectivity index (χ0) is 22.9. The number of nitrogens with one attached hydrogen (secondary N) is 1. The van der Waals surface area contributed by atoms with Crippen molar-refractivity contribution in [3.63, 3.8) is 0 Å². The molecule has 3 N–H and O–H groups in total. The average molecular weight is 456 g/mol. The van der Waals surface area contributed by atoms with E-state index in [9.17, 15) is 4.79 Å². The number of anilines is 2. The number of likely N-dealkylation sites (N-methyl/N-ethyl adjacent to an activating group) is 1. The van der Waals surface area contributed by atoms with Gasteiger partial charge in [0.2, 0.25) is 0 Å². The predicted octanol–water partition coefficient (Wildman–Crippen LogP) is 3.46. The van der Waals surface area contributed by atoms with Gasteiger partial charge in [-0.3, -0.25) is 9.36 Å². The van der Waals surface area contributed by atoms with Crippen LogP contribution in [-0.4, -0.2) is 56.4 Å². The Morgan fingerprint density at radius 2 is 1.84 bits per heavy atom. The van der Waals surface area contributed by atoms with Gasteiger partial charge in [0.1, 0.15) is 0 Å². The van der Waals surface area contributed by atoms with E-state index in [1.807, 2.05) is 30.3 Å². The van der Waals surface area contributed by atoms with Crippen LogP contribution in [0.1, 0.15) is 39.2 Å². The molecule has 2 aromatic heterocycles. The Morgan fingerprint density at radius 3 is 2.53 bits per heavy atom. The van der Waals surface area contributed by atoms with Crippen molar-refractivity contribution in [3.05, 3.63) is 46.2 Å². The second-order valence-corrected chi connectivity index (χ2v) is 8.62. The normalized spacial score (nSPS) is 11.4. The summed E-state index contributed by atoms with van der Waals surface area (Å²) in [6.45, 7) is 10.1. The fraction of sp³-hybridized carbons (Fsp3) is 0.478. The minimum atomic E-state index is -0.205. The number of hydrogen-bond donors (Lipinski definition) is 2. The lowest BCUT2D eigenvalue weighted by atomic mass is 10.2. The standard InChI is InChI=1S/C23H33N7OS/c1-4-7-15-32-23-27-19(24)18-21(28-23)30(16-17-11-9-8-10-12-17)22(31)20(26-18)25-13-14-29(5-2)6-3/h8-12H,4-7,13-16H2,1-3H3,(H,25,26)(H2,24,27,28). The van der Waals surface area contributed by atoms with Crippen molar-refractivity contribution in [1.29, 1.82) is 0 Å².